The van der Waals surface area contributed by atoms with E-state index in [1.54, 1.807) is 0 Å². The molecule has 0 saturated heterocycles. The number of hydrogen-bond acceptors (Lipinski definition) is 5. The number of carbonyl (C=O) groups is 1. The smallest absolute Gasteiger partial charge is 0.250 e. The second kappa shape index (κ2) is 6.25. The fourth-order valence-corrected chi connectivity index (χ4v) is 1.60. The van der Waals surface area contributed by atoms with Gasteiger partial charge in [0.1, 0.15) is 12.9 Å². The van der Waals surface area contributed by atoms with E-state index in [4.69, 9.17) is 4.74 Å². The largest absolute Gasteiger partial charge is 0.369 e. The van der Waals surface area contributed by atoms with E-state index >= 15 is 0 Å². The molecule has 1 amide bonds. The molecule has 7 nitrogen and oxygen atoms in total. The topological polar surface area (TPSA) is 81.9 Å². The van der Waals surface area contributed by atoms with Gasteiger partial charge in [-0.1, -0.05) is 6.07 Å². The Labute approximate surface area is 116 Å². The standard InChI is InChI=1S/C13H17N5O2/c1-9(2)20-7-13(19)15-12-6-11(5-4-10(12)3)18-8-14-16-17-18/h4-6,8-9H,7H2,1-3H3,(H,15,19). The van der Waals surface area contributed by atoms with Gasteiger partial charge < -0.3 is 10.1 Å². The lowest BCUT2D eigenvalue weighted by atomic mass is 10.2. The first-order valence-electron chi connectivity index (χ1n) is 6.31. The molecule has 0 aliphatic rings. The lowest BCUT2D eigenvalue weighted by molar-refractivity contribution is -0.121. The summed E-state index contributed by atoms with van der Waals surface area (Å²) in [5.41, 5.74) is 2.45. The second-order valence-corrected chi connectivity index (χ2v) is 4.66. The summed E-state index contributed by atoms with van der Waals surface area (Å²) in [6.45, 7) is 5.72. The number of ether oxygens (including phenoxy) is 1. The van der Waals surface area contributed by atoms with Gasteiger partial charge in [-0.25, -0.2) is 4.68 Å². The summed E-state index contributed by atoms with van der Waals surface area (Å²) < 4.78 is 6.80. The van der Waals surface area contributed by atoms with Gasteiger partial charge in [-0.05, 0) is 48.9 Å². The van der Waals surface area contributed by atoms with Gasteiger partial charge in [0.25, 0.3) is 0 Å². The summed E-state index contributed by atoms with van der Waals surface area (Å²) in [6, 6.07) is 5.60. The van der Waals surface area contributed by atoms with Gasteiger partial charge in [0.2, 0.25) is 5.91 Å². The van der Waals surface area contributed by atoms with Gasteiger partial charge in [0.15, 0.2) is 0 Å². The molecule has 0 bridgehead atoms. The third-order valence-electron chi connectivity index (χ3n) is 2.66. The Morgan fingerprint density at radius 1 is 1.45 bits per heavy atom. The molecule has 0 saturated carbocycles. The van der Waals surface area contributed by atoms with Crippen LogP contribution in [0.15, 0.2) is 24.5 Å². The molecular formula is C13H17N5O2. The van der Waals surface area contributed by atoms with Crippen molar-refractivity contribution < 1.29 is 9.53 Å². The molecule has 0 aliphatic heterocycles. The summed E-state index contributed by atoms with van der Waals surface area (Å²) in [6.07, 6.45) is 1.52. The maximum Gasteiger partial charge on any atom is 0.250 e. The highest BCUT2D eigenvalue weighted by Gasteiger charge is 2.08. The number of carbonyl (C=O) groups excluding carboxylic acids is 1. The summed E-state index contributed by atoms with van der Waals surface area (Å²) in [4.78, 5) is 11.8. The van der Waals surface area contributed by atoms with Crippen LogP contribution in [0.3, 0.4) is 0 Å². The van der Waals surface area contributed by atoms with Crippen LogP contribution in [0.2, 0.25) is 0 Å². The Kier molecular flexibility index (Phi) is 4.41. The van der Waals surface area contributed by atoms with Gasteiger partial charge in [0.05, 0.1) is 11.8 Å². The molecule has 2 aromatic rings. The van der Waals surface area contributed by atoms with Crippen LogP contribution in [0.5, 0.6) is 0 Å². The molecular weight excluding hydrogens is 258 g/mol. The number of aromatic nitrogens is 4. The Morgan fingerprint density at radius 3 is 2.90 bits per heavy atom. The highest BCUT2D eigenvalue weighted by molar-refractivity contribution is 5.92. The maximum absolute atomic E-state index is 11.8. The van der Waals surface area contributed by atoms with E-state index in [0.29, 0.717) is 0 Å². The van der Waals surface area contributed by atoms with Crippen molar-refractivity contribution in [3.05, 3.63) is 30.1 Å². The molecule has 0 unspecified atom stereocenters. The second-order valence-electron chi connectivity index (χ2n) is 4.66. The lowest BCUT2D eigenvalue weighted by Gasteiger charge is -2.11. The number of hydrogen-bond donors (Lipinski definition) is 1. The lowest BCUT2D eigenvalue weighted by Crippen LogP contribution is -2.21. The maximum atomic E-state index is 11.8. The van der Waals surface area contributed by atoms with Crippen LogP contribution in [-0.4, -0.2) is 38.8 Å². The van der Waals surface area contributed by atoms with Crippen LogP contribution in [0.4, 0.5) is 5.69 Å². The van der Waals surface area contributed by atoms with Crippen molar-refractivity contribution in [1.29, 1.82) is 0 Å². The molecule has 106 valence electrons. The van der Waals surface area contributed by atoms with E-state index in [-0.39, 0.29) is 18.6 Å². The third kappa shape index (κ3) is 3.61. The average molecular weight is 275 g/mol. The number of aryl methyl sites for hydroxylation is 1. The average Bonchev–Trinajstić information content (AvgIpc) is 2.93. The van der Waals surface area contributed by atoms with Crippen molar-refractivity contribution >= 4 is 11.6 Å². The monoisotopic (exact) mass is 275 g/mol. The zero-order chi connectivity index (χ0) is 14.5. The predicted molar refractivity (Wildman–Crippen MR) is 73.6 cm³/mol. The molecule has 0 spiro atoms. The molecule has 0 aliphatic carbocycles. The van der Waals surface area contributed by atoms with E-state index in [9.17, 15) is 4.79 Å². The minimum atomic E-state index is -0.185. The molecule has 7 heteroatoms. The van der Waals surface area contributed by atoms with Gasteiger partial charge in [-0.2, -0.15) is 0 Å². The van der Waals surface area contributed by atoms with Crippen LogP contribution < -0.4 is 5.32 Å². The number of rotatable bonds is 5. The van der Waals surface area contributed by atoms with Crippen molar-refractivity contribution in [3.8, 4) is 5.69 Å². The molecule has 0 radical (unpaired) electrons. The fourth-order valence-electron chi connectivity index (χ4n) is 1.60. The van der Waals surface area contributed by atoms with Crippen molar-refractivity contribution in [2.75, 3.05) is 11.9 Å². The van der Waals surface area contributed by atoms with Gasteiger partial charge in [-0.3, -0.25) is 4.79 Å². The Morgan fingerprint density at radius 2 is 2.25 bits per heavy atom. The minimum Gasteiger partial charge on any atom is -0.369 e. The van der Waals surface area contributed by atoms with Crippen LogP contribution >= 0.6 is 0 Å². The van der Waals surface area contributed by atoms with Crippen LogP contribution in [0.1, 0.15) is 19.4 Å². The van der Waals surface area contributed by atoms with E-state index in [1.807, 2.05) is 39.0 Å². The summed E-state index contributed by atoms with van der Waals surface area (Å²) in [7, 11) is 0. The molecule has 1 aromatic heterocycles. The molecule has 20 heavy (non-hydrogen) atoms. The molecule has 0 atom stereocenters. The van der Waals surface area contributed by atoms with Crippen LogP contribution in [0, 0.1) is 6.92 Å². The van der Waals surface area contributed by atoms with Crippen molar-refractivity contribution in [2.45, 2.75) is 26.9 Å². The Balaban J connectivity index is 2.11. The van der Waals surface area contributed by atoms with Crippen molar-refractivity contribution in [3.63, 3.8) is 0 Å². The number of tetrazole rings is 1. The molecule has 2 rings (SSSR count). The number of amides is 1. The van der Waals surface area contributed by atoms with Gasteiger partial charge in [-0.15, -0.1) is 5.10 Å². The third-order valence-corrected chi connectivity index (χ3v) is 2.66. The first-order valence-corrected chi connectivity index (χ1v) is 6.31. The number of nitrogens with one attached hydrogen (secondary N) is 1. The van der Waals surface area contributed by atoms with Crippen molar-refractivity contribution in [1.82, 2.24) is 20.2 Å². The van der Waals surface area contributed by atoms with E-state index in [2.05, 4.69) is 20.8 Å². The van der Waals surface area contributed by atoms with Crippen LogP contribution in [0.25, 0.3) is 5.69 Å². The first kappa shape index (κ1) is 14.1. The Bertz CT molecular complexity index is 580. The van der Waals surface area contributed by atoms with Gasteiger partial charge in [0, 0.05) is 5.69 Å². The Hall–Kier alpha value is -2.28. The zero-order valence-electron chi connectivity index (χ0n) is 11.7. The number of anilines is 1. The number of benzene rings is 1. The van der Waals surface area contributed by atoms with E-state index in [0.717, 1.165) is 16.9 Å². The normalized spacial score (nSPS) is 10.8. The van der Waals surface area contributed by atoms with E-state index in [1.165, 1.54) is 11.0 Å². The van der Waals surface area contributed by atoms with E-state index < -0.39 is 0 Å². The zero-order valence-corrected chi connectivity index (χ0v) is 11.7. The predicted octanol–water partition coefficient (Wildman–Crippen LogP) is 1.33. The fraction of sp³-hybridized carbons (Fsp3) is 0.385. The highest BCUT2D eigenvalue weighted by atomic mass is 16.5. The molecule has 1 heterocycles. The highest BCUT2D eigenvalue weighted by Crippen LogP contribution is 2.18. The molecule has 1 aromatic carbocycles. The molecule has 0 fully saturated rings. The summed E-state index contributed by atoms with van der Waals surface area (Å²) in [5.74, 6) is -0.185. The SMILES string of the molecule is Cc1ccc(-n2cnnn2)cc1NC(=O)COC(C)C. The summed E-state index contributed by atoms with van der Waals surface area (Å²) >= 11 is 0. The number of nitrogens with zero attached hydrogens (tertiary/aromatic N) is 4. The first-order chi connectivity index (χ1) is 9.56. The van der Waals surface area contributed by atoms with Gasteiger partial charge >= 0.3 is 0 Å². The summed E-state index contributed by atoms with van der Waals surface area (Å²) in [5, 5.41) is 13.8. The quantitative estimate of drug-likeness (QED) is 0.890. The van der Waals surface area contributed by atoms with Crippen molar-refractivity contribution in [2.24, 2.45) is 0 Å². The molecule has 1 N–H and O–H groups in total. The minimum absolute atomic E-state index is 0.0226. The van der Waals surface area contributed by atoms with Crippen LogP contribution in [-0.2, 0) is 9.53 Å².